The van der Waals surface area contributed by atoms with Crippen molar-refractivity contribution in [3.63, 3.8) is 0 Å². The number of rotatable bonds is 7. The highest BCUT2D eigenvalue weighted by atomic mass is 16.5. The first kappa shape index (κ1) is 23.0. The van der Waals surface area contributed by atoms with Gasteiger partial charge in [-0.3, -0.25) is 19.3 Å². The molecule has 1 aliphatic heterocycles. The highest BCUT2D eigenvalue weighted by molar-refractivity contribution is 6.19. The Balaban J connectivity index is 1.44. The summed E-state index contributed by atoms with van der Waals surface area (Å²) in [6, 6.07) is 6.18. The minimum absolute atomic E-state index is 0.130. The molecule has 0 radical (unpaired) electrons. The van der Waals surface area contributed by atoms with Crippen LogP contribution in [-0.2, 0) is 19.1 Å². The summed E-state index contributed by atoms with van der Waals surface area (Å²) in [5, 5.41) is 2.97. The Morgan fingerprint density at radius 1 is 1.03 bits per heavy atom. The van der Waals surface area contributed by atoms with Gasteiger partial charge in [-0.2, -0.15) is 0 Å². The fraction of sp³-hybridized carbons (Fsp3) is 0.583. The fourth-order valence-corrected chi connectivity index (χ4v) is 4.40. The number of ether oxygens (including phenoxy) is 1. The van der Waals surface area contributed by atoms with Crippen molar-refractivity contribution in [1.82, 2.24) is 5.32 Å². The molecule has 0 atom stereocenters. The van der Waals surface area contributed by atoms with Crippen molar-refractivity contribution in [2.24, 2.45) is 11.3 Å². The Hall–Kier alpha value is -2.70. The van der Waals surface area contributed by atoms with Crippen LogP contribution in [0, 0.1) is 11.3 Å². The maximum absolute atomic E-state index is 12.2. The molecule has 0 aromatic heterocycles. The molecule has 2 fully saturated rings. The van der Waals surface area contributed by atoms with Gasteiger partial charge in [-0.15, -0.1) is 0 Å². The van der Waals surface area contributed by atoms with Crippen molar-refractivity contribution >= 4 is 29.4 Å². The van der Waals surface area contributed by atoms with E-state index in [9.17, 15) is 19.2 Å². The molecule has 7 nitrogen and oxygen atoms in total. The number of anilines is 1. The van der Waals surface area contributed by atoms with Crippen LogP contribution < -0.4 is 10.2 Å². The van der Waals surface area contributed by atoms with E-state index in [0.717, 1.165) is 37.0 Å². The van der Waals surface area contributed by atoms with Crippen molar-refractivity contribution in [2.75, 3.05) is 11.5 Å². The molecule has 1 aromatic carbocycles. The molecule has 0 spiro atoms. The predicted molar refractivity (Wildman–Crippen MR) is 116 cm³/mol. The Morgan fingerprint density at radius 2 is 1.61 bits per heavy atom. The molecule has 31 heavy (non-hydrogen) atoms. The van der Waals surface area contributed by atoms with Crippen molar-refractivity contribution < 1.29 is 23.9 Å². The SMILES string of the molecule is CCC(C)(C)C1CCC(NC(=O)COC(=O)c2ccc(N3C(=O)CCC3=O)cc2)CC1. The van der Waals surface area contributed by atoms with Crippen molar-refractivity contribution in [3.05, 3.63) is 29.8 Å². The largest absolute Gasteiger partial charge is 0.452 e. The lowest BCUT2D eigenvalue weighted by Crippen LogP contribution is -2.41. The first-order chi connectivity index (χ1) is 14.7. The van der Waals surface area contributed by atoms with Gasteiger partial charge in [0.2, 0.25) is 11.8 Å². The third-order valence-corrected chi connectivity index (χ3v) is 6.86. The molecule has 1 N–H and O–H groups in total. The number of hydrogen-bond donors (Lipinski definition) is 1. The second-order valence-electron chi connectivity index (χ2n) is 9.20. The van der Waals surface area contributed by atoms with E-state index in [1.807, 2.05) is 0 Å². The second-order valence-corrected chi connectivity index (χ2v) is 9.20. The Bertz CT molecular complexity index is 822. The maximum atomic E-state index is 12.2. The highest BCUT2D eigenvalue weighted by Gasteiger charge is 2.32. The molecule has 2 aliphatic rings. The van der Waals surface area contributed by atoms with E-state index < -0.39 is 5.97 Å². The lowest BCUT2D eigenvalue weighted by Gasteiger charge is -2.39. The molecule has 1 saturated heterocycles. The van der Waals surface area contributed by atoms with E-state index in [2.05, 4.69) is 26.1 Å². The van der Waals surface area contributed by atoms with Crippen LogP contribution in [-0.4, -0.2) is 36.3 Å². The van der Waals surface area contributed by atoms with E-state index >= 15 is 0 Å². The van der Waals surface area contributed by atoms with Gasteiger partial charge in [0.05, 0.1) is 11.3 Å². The number of nitrogens with one attached hydrogen (secondary N) is 1. The smallest absolute Gasteiger partial charge is 0.338 e. The summed E-state index contributed by atoms with van der Waals surface area (Å²) >= 11 is 0. The van der Waals surface area contributed by atoms with Crippen LogP contribution in [0.5, 0.6) is 0 Å². The number of imide groups is 1. The van der Waals surface area contributed by atoms with E-state index in [0.29, 0.717) is 17.0 Å². The number of carbonyl (C=O) groups is 4. The minimum atomic E-state index is -0.617. The molecule has 7 heteroatoms. The number of hydrogen-bond acceptors (Lipinski definition) is 5. The summed E-state index contributed by atoms with van der Waals surface area (Å²) in [5.74, 6) is -0.725. The van der Waals surface area contributed by atoms with E-state index in [4.69, 9.17) is 4.74 Å². The third kappa shape index (κ3) is 5.51. The van der Waals surface area contributed by atoms with Gasteiger partial charge >= 0.3 is 5.97 Å². The lowest BCUT2D eigenvalue weighted by molar-refractivity contribution is -0.125. The zero-order valence-electron chi connectivity index (χ0n) is 18.6. The van der Waals surface area contributed by atoms with E-state index in [1.54, 1.807) is 0 Å². The quantitative estimate of drug-likeness (QED) is 0.529. The number of carbonyl (C=O) groups excluding carboxylic acids is 4. The van der Waals surface area contributed by atoms with Gasteiger partial charge in [-0.25, -0.2) is 4.79 Å². The van der Waals surface area contributed by atoms with Crippen LogP contribution in [0.3, 0.4) is 0 Å². The third-order valence-electron chi connectivity index (χ3n) is 6.86. The van der Waals surface area contributed by atoms with Gasteiger partial charge in [0.1, 0.15) is 0 Å². The molecule has 1 aliphatic carbocycles. The van der Waals surface area contributed by atoms with Gasteiger partial charge in [0.25, 0.3) is 5.91 Å². The molecule has 1 aromatic rings. The molecule has 3 rings (SSSR count). The molecule has 1 heterocycles. The van der Waals surface area contributed by atoms with Crippen LogP contribution in [0.1, 0.15) is 76.1 Å². The first-order valence-corrected chi connectivity index (χ1v) is 11.1. The zero-order chi connectivity index (χ0) is 22.6. The summed E-state index contributed by atoms with van der Waals surface area (Å²) in [4.78, 5) is 49.2. The van der Waals surface area contributed by atoms with Gasteiger partial charge < -0.3 is 10.1 Å². The maximum Gasteiger partial charge on any atom is 0.338 e. The minimum Gasteiger partial charge on any atom is -0.452 e. The number of benzene rings is 1. The van der Waals surface area contributed by atoms with Gasteiger partial charge in [0.15, 0.2) is 6.61 Å². The van der Waals surface area contributed by atoms with Crippen LogP contribution in [0.4, 0.5) is 5.69 Å². The van der Waals surface area contributed by atoms with E-state index in [-0.39, 0.29) is 48.8 Å². The predicted octanol–water partition coefficient (Wildman–Crippen LogP) is 3.61. The van der Waals surface area contributed by atoms with Gasteiger partial charge in [-0.05, 0) is 61.3 Å². The topological polar surface area (TPSA) is 92.8 Å². The van der Waals surface area contributed by atoms with Crippen LogP contribution in [0.15, 0.2) is 24.3 Å². The second kappa shape index (κ2) is 9.62. The van der Waals surface area contributed by atoms with Crippen LogP contribution in [0.25, 0.3) is 0 Å². The molecule has 168 valence electrons. The summed E-state index contributed by atoms with van der Waals surface area (Å²) in [6.45, 7) is 6.51. The number of esters is 1. The van der Waals surface area contributed by atoms with Crippen molar-refractivity contribution in [2.45, 2.75) is 71.8 Å². The number of amides is 3. The van der Waals surface area contributed by atoms with Gasteiger partial charge in [0, 0.05) is 18.9 Å². The highest BCUT2D eigenvalue weighted by Crippen LogP contribution is 2.40. The zero-order valence-corrected chi connectivity index (χ0v) is 18.6. The Kier molecular flexibility index (Phi) is 7.13. The van der Waals surface area contributed by atoms with Crippen LogP contribution in [0.2, 0.25) is 0 Å². The fourth-order valence-electron chi connectivity index (χ4n) is 4.40. The number of nitrogens with zero attached hydrogens (tertiary/aromatic N) is 1. The Labute approximate surface area is 183 Å². The standard InChI is InChI=1S/C24H32N2O5/c1-4-24(2,3)17-7-9-18(10-8-17)25-20(27)15-31-23(30)16-5-11-19(12-6-16)26-21(28)13-14-22(26)29/h5-6,11-12,17-18H,4,7-10,13-15H2,1-3H3,(H,25,27). The van der Waals surface area contributed by atoms with Crippen LogP contribution >= 0.6 is 0 Å². The monoisotopic (exact) mass is 428 g/mol. The average molecular weight is 429 g/mol. The summed E-state index contributed by atoms with van der Waals surface area (Å²) < 4.78 is 5.13. The summed E-state index contributed by atoms with van der Waals surface area (Å²) in [6.07, 6.45) is 5.65. The van der Waals surface area contributed by atoms with E-state index in [1.165, 1.54) is 24.3 Å². The Morgan fingerprint density at radius 3 is 2.16 bits per heavy atom. The first-order valence-electron chi connectivity index (χ1n) is 11.1. The average Bonchev–Trinajstić information content (AvgIpc) is 3.10. The molecule has 0 unspecified atom stereocenters. The van der Waals surface area contributed by atoms with Crippen molar-refractivity contribution in [1.29, 1.82) is 0 Å². The normalized spacial score (nSPS) is 21.8. The molecule has 3 amide bonds. The molecule has 1 saturated carbocycles. The lowest BCUT2D eigenvalue weighted by atomic mass is 9.69. The summed E-state index contributed by atoms with van der Waals surface area (Å²) in [5.41, 5.74) is 1.02. The molecule has 0 bridgehead atoms. The molecular formula is C24H32N2O5. The van der Waals surface area contributed by atoms with Crippen molar-refractivity contribution in [3.8, 4) is 0 Å². The summed E-state index contributed by atoms with van der Waals surface area (Å²) in [7, 11) is 0. The molecular weight excluding hydrogens is 396 g/mol. The van der Waals surface area contributed by atoms with Gasteiger partial charge in [-0.1, -0.05) is 27.2 Å².